The van der Waals surface area contributed by atoms with Crippen molar-refractivity contribution in [3.05, 3.63) is 48.1 Å². The fraction of sp³-hybridized carbons (Fsp3) is 0.474. The second kappa shape index (κ2) is 4.66. The fourth-order valence-corrected chi connectivity index (χ4v) is 4.34. The lowest BCUT2D eigenvalue weighted by Gasteiger charge is -2.60. The van der Waals surface area contributed by atoms with Crippen LogP contribution in [0.2, 0.25) is 0 Å². The first-order chi connectivity index (χ1) is 9.86. The number of allylic oxidation sites excluding steroid dienone is 2. The Bertz CT molecular complexity index is 612. The van der Waals surface area contributed by atoms with E-state index in [4.69, 9.17) is 0 Å². The maximum Gasteiger partial charge on any atom is 0.157 e. The van der Waals surface area contributed by atoms with E-state index in [1.54, 1.807) is 12.1 Å². The zero-order chi connectivity index (χ0) is 15.4. The predicted molar refractivity (Wildman–Crippen MR) is 85.5 cm³/mol. The summed E-state index contributed by atoms with van der Waals surface area (Å²) in [7, 11) is 0. The molecule has 21 heavy (non-hydrogen) atoms. The number of hydrogen-bond donors (Lipinski definition) is 2. The van der Waals surface area contributed by atoms with Crippen molar-refractivity contribution in [3.63, 3.8) is 0 Å². The van der Waals surface area contributed by atoms with Crippen LogP contribution in [0.4, 0.5) is 0 Å². The van der Waals surface area contributed by atoms with Crippen molar-refractivity contribution in [1.29, 1.82) is 0 Å². The molecular formula is C19H24O2. The molecule has 1 aromatic rings. The van der Waals surface area contributed by atoms with Gasteiger partial charge in [0.25, 0.3) is 0 Å². The molecule has 3 atom stereocenters. The first kappa shape index (κ1) is 14.2. The van der Waals surface area contributed by atoms with Crippen LogP contribution in [0.1, 0.15) is 43.7 Å². The van der Waals surface area contributed by atoms with Crippen molar-refractivity contribution >= 4 is 0 Å². The van der Waals surface area contributed by atoms with Crippen molar-refractivity contribution in [2.45, 2.75) is 39.0 Å². The summed E-state index contributed by atoms with van der Waals surface area (Å²) in [5, 5.41) is 19.6. The van der Waals surface area contributed by atoms with E-state index in [0.29, 0.717) is 23.7 Å². The van der Waals surface area contributed by atoms with Crippen LogP contribution in [0, 0.1) is 17.3 Å². The molecule has 3 aliphatic carbocycles. The topological polar surface area (TPSA) is 40.5 Å². The lowest BCUT2D eigenvalue weighted by molar-refractivity contribution is -0.0349. The van der Waals surface area contributed by atoms with Gasteiger partial charge >= 0.3 is 0 Å². The third kappa shape index (κ3) is 2.00. The number of rotatable bonds is 3. The van der Waals surface area contributed by atoms with Gasteiger partial charge in [0.1, 0.15) is 0 Å². The highest BCUT2D eigenvalue weighted by molar-refractivity contribution is 5.50. The van der Waals surface area contributed by atoms with Gasteiger partial charge in [-0.05, 0) is 59.8 Å². The molecule has 4 rings (SSSR count). The second-order valence-corrected chi connectivity index (χ2v) is 7.20. The smallest absolute Gasteiger partial charge is 0.157 e. The zero-order valence-electron chi connectivity index (χ0n) is 12.9. The Morgan fingerprint density at radius 2 is 1.90 bits per heavy atom. The third-order valence-corrected chi connectivity index (χ3v) is 5.86. The summed E-state index contributed by atoms with van der Waals surface area (Å²) in [6.07, 6.45) is 4.89. The Labute approximate surface area is 126 Å². The Morgan fingerprint density at radius 1 is 1.24 bits per heavy atom. The van der Waals surface area contributed by atoms with Crippen molar-refractivity contribution in [1.82, 2.24) is 0 Å². The number of phenolic OH excluding ortho intramolecular Hbond substituents is 2. The van der Waals surface area contributed by atoms with E-state index in [0.717, 1.165) is 23.5 Å². The van der Waals surface area contributed by atoms with Gasteiger partial charge in [0.2, 0.25) is 0 Å². The van der Waals surface area contributed by atoms with Gasteiger partial charge in [-0.25, -0.2) is 0 Å². The molecule has 0 saturated heterocycles. The molecule has 1 aromatic carbocycles. The summed E-state index contributed by atoms with van der Waals surface area (Å²) < 4.78 is 0. The van der Waals surface area contributed by atoms with Crippen LogP contribution in [0.5, 0.6) is 11.5 Å². The van der Waals surface area contributed by atoms with Gasteiger partial charge in [0.05, 0.1) is 0 Å². The van der Waals surface area contributed by atoms with Gasteiger partial charge in [0.15, 0.2) is 11.5 Å². The summed E-state index contributed by atoms with van der Waals surface area (Å²) in [6.45, 7) is 12.8. The van der Waals surface area contributed by atoms with Gasteiger partial charge < -0.3 is 10.2 Å². The predicted octanol–water partition coefficient (Wildman–Crippen LogP) is 4.53. The quantitative estimate of drug-likeness (QED) is 0.632. The third-order valence-electron chi connectivity index (χ3n) is 5.86. The molecule has 0 aliphatic heterocycles. The molecule has 2 N–H and O–H groups in total. The largest absolute Gasteiger partial charge is 0.504 e. The molecule has 3 saturated carbocycles. The molecule has 0 amide bonds. The average Bonchev–Trinajstić information content (AvgIpc) is 2.42. The first-order valence-electron chi connectivity index (χ1n) is 7.70. The van der Waals surface area contributed by atoms with E-state index in [1.165, 1.54) is 12.0 Å². The molecule has 0 radical (unpaired) electrons. The van der Waals surface area contributed by atoms with Crippen LogP contribution in [-0.2, 0) is 6.42 Å². The maximum atomic E-state index is 9.88. The molecule has 2 heteroatoms. The van der Waals surface area contributed by atoms with Gasteiger partial charge in [-0.15, -0.1) is 6.58 Å². The van der Waals surface area contributed by atoms with E-state index in [-0.39, 0.29) is 11.5 Å². The van der Waals surface area contributed by atoms with Gasteiger partial charge in [-0.3, -0.25) is 0 Å². The van der Waals surface area contributed by atoms with E-state index in [9.17, 15) is 10.2 Å². The molecular weight excluding hydrogens is 260 g/mol. The number of aromatic hydroxyl groups is 2. The van der Waals surface area contributed by atoms with E-state index in [1.807, 2.05) is 6.08 Å². The highest BCUT2D eigenvalue weighted by Crippen LogP contribution is 2.64. The SMILES string of the molecule is C=CCc1cc(O)c(O)cc1[C@H]1C[C@H]2C[C@H](C1=C)C2(C)C. The number of benzene rings is 1. The Morgan fingerprint density at radius 3 is 2.48 bits per heavy atom. The van der Waals surface area contributed by atoms with Crippen LogP contribution in [0.15, 0.2) is 36.9 Å². The van der Waals surface area contributed by atoms with Crippen LogP contribution < -0.4 is 0 Å². The standard InChI is InChI=1S/C19H24O2/c1-5-6-12-7-17(20)18(21)10-15(12)14-8-13-9-16(11(14)2)19(13,3)4/h5,7,10,13-14,16,20-21H,1-2,6,8-9H2,3-4H3/t13-,14-,16+/m0/s1. The van der Waals surface area contributed by atoms with Crippen molar-refractivity contribution in [2.75, 3.05) is 0 Å². The lowest BCUT2D eigenvalue weighted by Crippen LogP contribution is -2.51. The summed E-state index contributed by atoms with van der Waals surface area (Å²) >= 11 is 0. The average molecular weight is 284 g/mol. The van der Waals surface area contributed by atoms with Crippen LogP contribution in [-0.4, -0.2) is 10.2 Å². The molecule has 0 unspecified atom stereocenters. The van der Waals surface area contributed by atoms with Crippen LogP contribution in [0.25, 0.3) is 0 Å². The zero-order valence-corrected chi connectivity index (χ0v) is 12.9. The highest BCUT2D eigenvalue weighted by Gasteiger charge is 2.54. The number of fused-ring (bicyclic) bond motifs is 2. The normalized spacial score (nSPS) is 29.8. The van der Waals surface area contributed by atoms with Crippen LogP contribution >= 0.6 is 0 Å². The molecule has 3 fully saturated rings. The monoisotopic (exact) mass is 284 g/mol. The minimum atomic E-state index is -0.0532. The molecule has 2 nitrogen and oxygen atoms in total. The maximum absolute atomic E-state index is 9.88. The van der Waals surface area contributed by atoms with E-state index in [2.05, 4.69) is 27.0 Å². The van der Waals surface area contributed by atoms with Crippen molar-refractivity contribution in [2.24, 2.45) is 17.3 Å². The van der Waals surface area contributed by atoms with Crippen LogP contribution in [0.3, 0.4) is 0 Å². The Balaban J connectivity index is 2.00. The summed E-state index contributed by atoms with van der Waals surface area (Å²) in [4.78, 5) is 0. The molecule has 3 aliphatic rings. The second-order valence-electron chi connectivity index (χ2n) is 7.20. The highest BCUT2D eigenvalue weighted by atomic mass is 16.3. The minimum absolute atomic E-state index is 0.0379. The van der Waals surface area contributed by atoms with E-state index >= 15 is 0 Å². The molecule has 0 heterocycles. The summed E-state index contributed by atoms with van der Waals surface area (Å²) in [6, 6.07) is 3.40. The van der Waals surface area contributed by atoms with Gasteiger partial charge in [-0.2, -0.15) is 0 Å². The van der Waals surface area contributed by atoms with E-state index < -0.39 is 0 Å². The number of hydrogen-bond acceptors (Lipinski definition) is 2. The van der Waals surface area contributed by atoms with Crippen molar-refractivity contribution < 1.29 is 10.2 Å². The fourth-order valence-electron chi connectivity index (χ4n) is 4.34. The summed E-state index contributed by atoms with van der Waals surface area (Å²) in [5.74, 6) is 1.51. The molecule has 0 spiro atoms. The summed E-state index contributed by atoms with van der Waals surface area (Å²) in [5.41, 5.74) is 3.81. The molecule has 112 valence electrons. The van der Waals surface area contributed by atoms with Gasteiger partial charge in [-0.1, -0.05) is 32.1 Å². The van der Waals surface area contributed by atoms with Gasteiger partial charge in [0, 0.05) is 5.92 Å². The molecule has 0 aromatic heterocycles. The first-order valence-corrected chi connectivity index (χ1v) is 7.70. The van der Waals surface area contributed by atoms with Crippen molar-refractivity contribution in [3.8, 4) is 11.5 Å². The minimum Gasteiger partial charge on any atom is -0.504 e. The number of phenols is 2. The Kier molecular flexibility index (Phi) is 3.16. The Hall–Kier alpha value is -1.70. The molecule has 2 bridgehead atoms. The lowest BCUT2D eigenvalue weighted by atomic mass is 9.44.